The molecule has 2 amide bonds. The summed E-state index contributed by atoms with van der Waals surface area (Å²) in [6, 6.07) is 19.5. The molecule has 0 unspecified atom stereocenters. The van der Waals surface area contributed by atoms with E-state index in [1.165, 1.54) is 5.56 Å². The third-order valence-electron chi connectivity index (χ3n) is 4.27. The van der Waals surface area contributed by atoms with Gasteiger partial charge in [-0.05, 0) is 24.5 Å². The van der Waals surface area contributed by atoms with Crippen LogP contribution in [-0.4, -0.2) is 35.1 Å². The van der Waals surface area contributed by atoms with Crippen LogP contribution in [0.4, 0.5) is 0 Å². The van der Waals surface area contributed by atoms with E-state index in [0.29, 0.717) is 25.3 Å². The Hall–Kier alpha value is -2.27. The zero-order valence-electron chi connectivity index (χ0n) is 16.1. The minimum absolute atomic E-state index is 0.00196. The van der Waals surface area contributed by atoms with Crippen LogP contribution in [0.3, 0.4) is 0 Å². The molecule has 144 valence electrons. The standard InChI is InChI=1S/C22H28N2O2S/c1-3-20(22(26)23-4-2)24(15-18-11-7-5-8-12-18)21(25)17-27-16-19-13-9-6-10-14-19/h5-14,20H,3-4,15-17H2,1-2H3,(H,23,26)/t20-/m1/s1. The third kappa shape index (κ3) is 6.75. The topological polar surface area (TPSA) is 49.4 Å². The molecule has 2 aromatic rings. The Morgan fingerprint density at radius 2 is 1.56 bits per heavy atom. The van der Waals surface area contributed by atoms with Crippen molar-refractivity contribution in [3.63, 3.8) is 0 Å². The number of carbonyl (C=O) groups excluding carboxylic acids is 2. The van der Waals surface area contributed by atoms with E-state index in [9.17, 15) is 9.59 Å². The number of hydrogen-bond donors (Lipinski definition) is 1. The maximum atomic E-state index is 13.0. The summed E-state index contributed by atoms with van der Waals surface area (Å²) in [5.41, 5.74) is 2.22. The monoisotopic (exact) mass is 384 g/mol. The quantitative estimate of drug-likeness (QED) is 0.677. The molecule has 0 aliphatic carbocycles. The summed E-state index contributed by atoms with van der Waals surface area (Å²) < 4.78 is 0. The Labute approximate surface area is 166 Å². The van der Waals surface area contributed by atoms with Gasteiger partial charge in [-0.15, -0.1) is 11.8 Å². The van der Waals surface area contributed by atoms with Crippen LogP contribution in [-0.2, 0) is 21.9 Å². The molecule has 0 spiro atoms. The lowest BCUT2D eigenvalue weighted by Crippen LogP contribution is -2.49. The van der Waals surface area contributed by atoms with Gasteiger partial charge in [-0.2, -0.15) is 0 Å². The molecule has 0 fully saturated rings. The van der Waals surface area contributed by atoms with Crippen molar-refractivity contribution in [2.75, 3.05) is 12.3 Å². The molecule has 27 heavy (non-hydrogen) atoms. The van der Waals surface area contributed by atoms with Crippen LogP contribution in [0.25, 0.3) is 0 Å². The molecule has 2 rings (SSSR count). The largest absolute Gasteiger partial charge is 0.355 e. The van der Waals surface area contributed by atoms with Crippen molar-refractivity contribution in [2.45, 2.75) is 38.6 Å². The highest BCUT2D eigenvalue weighted by atomic mass is 32.2. The second-order valence-corrected chi connectivity index (χ2v) is 7.29. The minimum atomic E-state index is -0.449. The van der Waals surface area contributed by atoms with Gasteiger partial charge in [-0.1, -0.05) is 67.6 Å². The molecule has 0 aromatic heterocycles. The van der Waals surface area contributed by atoms with E-state index in [-0.39, 0.29) is 11.8 Å². The molecule has 5 heteroatoms. The number of carbonyl (C=O) groups is 2. The molecule has 4 nitrogen and oxygen atoms in total. The minimum Gasteiger partial charge on any atom is -0.355 e. The zero-order chi connectivity index (χ0) is 19.5. The zero-order valence-corrected chi connectivity index (χ0v) is 16.9. The maximum absolute atomic E-state index is 13.0. The summed E-state index contributed by atoms with van der Waals surface area (Å²) in [6.07, 6.45) is 0.591. The molecule has 0 aliphatic heterocycles. The number of nitrogens with zero attached hydrogens (tertiary/aromatic N) is 1. The van der Waals surface area contributed by atoms with Crippen LogP contribution < -0.4 is 5.32 Å². The van der Waals surface area contributed by atoms with E-state index in [0.717, 1.165) is 11.3 Å². The summed E-state index contributed by atoms with van der Waals surface area (Å²) in [5.74, 6) is 1.05. The van der Waals surface area contributed by atoms with Gasteiger partial charge < -0.3 is 10.2 Å². The van der Waals surface area contributed by atoms with Crippen LogP contribution in [0.5, 0.6) is 0 Å². The van der Waals surface area contributed by atoms with Gasteiger partial charge in [0.1, 0.15) is 6.04 Å². The molecule has 0 heterocycles. The van der Waals surface area contributed by atoms with Gasteiger partial charge in [-0.3, -0.25) is 9.59 Å². The summed E-state index contributed by atoms with van der Waals surface area (Å²) >= 11 is 1.58. The van der Waals surface area contributed by atoms with Crippen LogP contribution in [0.2, 0.25) is 0 Å². The fourth-order valence-corrected chi connectivity index (χ4v) is 3.78. The lowest BCUT2D eigenvalue weighted by Gasteiger charge is -2.30. The van der Waals surface area contributed by atoms with Gasteiger partial charge in [0.15, 0.2) is 0 Å². The first kappa shape index (κ1) is 21.0. The number of benzene rings is 2. The third-order valence-corrected chi connectivity index (χ3v) is 5.26. The first-order valence-electron chi connectivity index (χ1n) is 9.38. The first-order chi connectivity index (χ1) is 13.2. The lowest BCUT2D eigenvalue weighted by molar-refractivity contribution is -0.139. The molecule has 1 N–H and O–H groups in total. The number of thioether (sulfide) groups is 1. The average molecular weight is 385 g/mol. The van der Waals surface area contributed by atoms with E-state index in [1.807, 2.05) is 62.4 Å². The number of rotatable bonds is 10. The molecule has 2 aromatic carbocycles. The Bertz CT molecular complexity index is 707. The van der Waals surface area contributed by atoms with E-state index in [1.54, 1.807) is 16.7 Å². The Balaban J connectivity index is 2.07. The van der Waals surface area contributed by atoms with Crippen molar-refractivity contribution >= 4 is 23.6 Å². The molecular weight excluding hydrogens is 356 g/mol. The predicted molar refractivity (Wildman–Crippen MR) is 112 cm³/mol. The molecule has 0 saturated carbocycles. The van der Waals surface area contributed by atoms with Crippen molar-refractivity contribution in [2.24, 2.45) is 0 Å². The highest BCUT2D eigenvalue weighted by molar-refractivity contribution is 7.99. The predicted octanol–water partition coefficient (Wildman–Crippen LogP) is 3.86. The Kier molecular flexibility index (Phi) is 8.92. The van der Waals surface area contributed by atoms with E-state index in [4.69, 9.17) is 0 Å². The number of amides is 2. The van der Waals surface area contributed by atoms with Crippen LogP contribution >= 0.6 is 11.8 Å². The van der Waals surface area contributed by atoms with Crippen LogP contribution in [0.15, 0.2) is 60.7 Å². The molecule has 1 atom stereocenters. The summed E-state index contributed by atoms with van der Waals surface area (Å²) in [6.45, 7) is 4.85. The Morgan fingerprint density at radius 1 is 0.963 bits per heavy atom. The van der Waals surface area contributed by atoms with Gasteiger partial charge in [0.2, 0.25) is 11.8 Å². The molecule has 0 aliphatic rings. The molecule has 0 radical (unpaired) electrons. The van der Waals surface area contributed by atoms with Gasteiger partial charge in [-0.25, -0.2) is 0 Å². The second kappa shape index (κ2) is 11.4. The summed E-state index contributed by atoms with van der Waals surface area (Å²) in [5, 5.41) is 2.86. The highest BCUT2D eigenvalue weighted by Crippen LogP contribution is 2.17. The van der Waals surface area contributed by atoms with Gasteiger partial charge in [0, 0.05) is 18.8 Å². The van der Waals surface area contributed by atoms with Crippen molar-refractivity contribution in [1.82, 2.24) is 10.2 Å². The van der Waals surface area contributed by atoms with Crippen LogP contribution in [0, 0.1) is 0 Å². The highest BCUT2D eigenvalue weighted by Gasteiger charge is 2.28. The number of likely N-dealkylation sites (N-methyl/N-ethyl adjacent to an activating group) is 1. The molecular formula is C22H28N2O2S. The van der Waals surface area contributed by atoms with Crippen molar-refractivity contribution < 1.29 is 9.59 Å². The maximum Gasteiger partial charge on any atom is 0.242 e. The van der Waals surface area contributed by atoms with Crippen LogP contribution in [0.1, 0.15) is 31.4 Å². The number of nitrogens with one attached hydrogen (secondary N) is 1. The second-order valence-electron chi connectivity index (χ2n) is 6.30. The van der Waals surface area contributed by atoms with Crippen molar-refractivity contribution in [1.29, 1.82) is 0 Å². The Morgan fingerprint density at radius 3 is 2.11 bits per heavy atom. The average Bonchev–Trinajstić information content (AvgIpc) is 2.69. The van der Waals surface area contributed by atoms with Gasteiger partial charge in [0.25, 0.3) is 0 Å². The molecule has 0 bridgehead atoms. The van der Waals surface area contributed by atoms with E-state index < -0.39 is 6.04 Å². The fraction of sp³-hybridized carbons (Fsp3) is 0.364. The molecule has 0 saturated heterocycles. The normalized spacial score (nSPS) is 11.6. The SMILES string of the molecule is CCNC(=O)[C@@H](CC)N(Cc1ccccc1)C(=O)CSCc1ccccc1. The van der Waals surface area contributed by atoms with E-state index in [2.05, 4.69) is 17.4 Å². The van der Waals surface area contributed by atoms with E-state index >= 15 is 0 Å². The van der Waals surface area contributed by atoms with Gasteiger partial charge in [0.05, 0.1) is 5.75 Å². The lowest BCUT2D eigenvalue weighted by atomic mass is 10.1. The van der Waals surface area contributed by atoms with Crippen molar-refractivity contribution in [3.05, 3.63) is 71.8 Å². The van der Waals surface area contributed by atoms with Crippen molar-refractivity contribution in [3.8, 4) is 0 Å². The fourth-order valence-electron chi connectivity index (χ4n) is 2.91. The first-order valence-corrected chi connectivity index (χ1v) is 10.5. The summed E-state index contributed by atoms with van der Waals surface area (Å²) in [4.78, 5) is 27.2. The smallest absolute Gasteiger partial charge is 0.242 e. The van der Waals surface area contributed by atoms with Gasteiger partial charge >= 0.3 is 0 Å². The summed E-state index contributed by atoms with van der Waals surface area (Å²) in [7, 11) is 0. The number of hydrogen-bond acceptors (Lipinski definition) is 3.